The van der Waals surface area contributed by atoms with Crippen LogP contribution in [-0.4, -0.2) is 36.5 Å². The van der Waals surface area contributed by atoms with E-state index in [0.717, 1.165) is 35.1 Å². The molecule has 1 heterocycles. The quantitative estimate of drug-likeness (QED) is 0.811. The molecule has 1 fully saturated rings. The van der Waals surface area contributed by atoms with Crippen molar-refractivity contribution in [1.29, 1.82) is 0 Å². The lowest BCUT2D eigenvalue weighted by atomic mass is 9.99. The minimum atomic E-state index is 0. The molecule has 0 spiro atoms. The Morgan fingerprint density at radius 1 is 1.45 bits per heavy atom. The number of likely N-dealkylation sites (tertiary alicyclic amines) is 1. The number of nitrogens with zero attached hydrogens (tertiary/aromatic N) is 1. The molecule has 0 radical (unpaired) electrons. The average Bonchev–Trinajstić information content (AvgIpc) is 2.45. The van der Waals surface area contributed by atoms with Gasteiger partial charge in [-0.05, 0) is 63.0 Å². The van der Waals surface area contributed by atoms with E-state index in [-0.39, 0.29) is 18.3 Å². The maximum absolute atomic E-state index is 12.2. The van der Waals surface area contributed by atoms with E-state index >= 15 is 0 Å². The van der Waals surface area contributed by atoms with E-state index in [2.05, 4.69) is 26.1 Å². The van der Waals surface area contributed by atoms with Crippen molar-refractivity contribution in [2.24, 2.45) is 5.73 Å². The van der Waals surface area contributed by atoms with Crippen LogP contribution in [0.1, 0.15) is 31.2 Å². The zero-order valence-corrected chi connectivity index (χ0v) is 15.4. The summed E-state index contributed by atoms with van der Waals surface area (Å²) in [5.74, 6) is 0.0562. The van der Waals surface area contributed by atoms with Gasteiger partial charge in [0.05, 0.1) is 6.54 Å². The number of aryl methyl sites for hydroxylation is 1. The van der Waals surface area contributed by atoms with Crippen molar-refractivity contribution in [3.8, 4) is 0 Å². The van der Waals surface area contributed by atoms with E-state index in [1.807, 2.05) is 25.1 Å². The minimum absolute atomic E-state index is 0. The van der Waals surface area contributed by atoms with Crippen molar-refractivity contribution in [2.75, 3.05) is 25.0 Å². The summed E-state index contributed by atoms with van der Waals surface area (Å²) in [6.07, 6.45) is 4.55. The van der Waals surface area contributed by atoms with Gasteiger partial charge in [0, 0.05) is 16.2 Å². The lowest BCUT2D eigenvalue weighted by Gasteiger charge is -2.35. The number of carbonyl (C=O) groups excluding carboxylic acids is 1. The topological polar surface area (TPSA) is 58.4 Å². The van der Waals surface area contributed by atoms with Gasteiger partial charge >= 0.3 is 0 Å². The number of benzene rings is 1. The summed E-state index contributed by atoms with van der Waals surface area (Å²) in [7, 11) is 0. The summed E-state index contributed by atoms with van der Waals surface area (Å²) in [5.41, 5.74) is 7.65. The van der Waals surface area contributed by atoms with Gasteiger partial charge in [-0.1, -0.05) is 22.4 Å². The van der Waals surface area contributed by atoms with Crippen LogP contribution >= 0.6 is 28.3 Å². The Kier molecular flexibility index (Phi) is 8.39. The van der Waals surface area contributed by atoms with Crippen LogP contribution in [0.2, 0.25) is 0 Å². The number of hydrogen-bond acceptors (Lipinski definition) is 3. The largest absolute Gasteiger partial charge is 0.330 e. The van der Waals surface area contributed by atoms with Crippen LogP contribution in [0.15, 0.2) is 22.7 Å². The summed E-state index contributed by atoms with van der Waals surface area (Å²) >= 11 is 3.47. The molecule has 2 rings (SSSR count). The highest BCUT2D eigenvalue weighted by atomic mass is 79.9. The molecule has 1 unspecified atom stereocenters. The predicted molar refractivity (Wildman–Crippen MR) is 97.6 cm³/mol. The fourth-order valence-electron chi connectivity index (χ4n) is 2.89. The molecule has 0 aliphatic carbocycles. The molecule has 0 saturated carbocycles. The zero-order valence-electron chi connectivity index (χ0n) is 13.0. The normalized spacial score (nSPS) is 18.6. The first-order valence-corrected chi connectivity index (χ1v) is 8.39. The number of anilines is 1. The fraction of sp³-hybridized carbons (Fsp3) is 0.562. The van der Waals surface area contributed by atoms with Crippen LogP contribution in [0.25, 0.3) is 0 Å². The van der Waals surface area contributed by atoms with Gasteiger partial charge in [-0.15, -0.1) is 12.4 Å². The number of hydrogen-bond donors (Lipinski definition) is 2. The molecule has 3 N–H and O–H groups in total. The lowest BCUT2D eigenvalue weighted by Crippen LogP contribution is -2.44. The van der Waals surface area contributed by atoms with Crippen LogP contribution in [0.4, 0.5) is 5.69 Å². The number of nitrogens with one attached hydrogen (secondary N) is 1. The van der Waals surface area contributed by atoms with E-state index < -0.39 is 0 Å². The standard InChI is InChI=1S/C16H24BrN3O.ClH/c1-12-10-13(5-6-15(12)17)19-16(21)11-20-9-3-2-4-14(20)7-8-18;/h5-6,10,14H,2-4,7-9,11,18H2,1H3,(H,19,21);1H. The number of piperidine rings is 1. The molecular formula is C16H25BrClN3O. The highest BCUT2D eigenvalue weighted by Gasteiger charge is 2.23. The lowest BCUT2D eigenvalue weighted by molar-refractivity contribution is -0.118. The van der Waals surface area contributed by atoms with Crippen LogP contribution in [0.3, 0.4) is 0 Å². The number of nitrogens with two attached hydrogens (primary N) is 1. The molecule has 4 nitrogen and oxygen atoms in total. The third-order valence-electron chi connectivity index (χ3n) is 4.04. The molecule has 0 bridgehead atoms. The molecule has 1 aliphatic rings. The Morgan fingerprint density at radius 3 is 2.91 bits per heavy atom. The predicted octanol–water partition coefficient (Wildman–Crippen LogP) is 3.32. The molecule has 22 heavy (non-hydrogen) atoms. The second kappa shape index (κ2) is 9.50. The maximum Gasteiger partial charge on any atom is 0.238 e. The first-order chi connectivity index (χ1) is 10.1. The van der Waals surface area contributed by atoms with Gasteiger partial charge in [-0.25, -0.2) is 0 Å². The molecule has 1 saturated heterocycles. The first-order valence-electron chi connectivity index (χ1n) is 7.60. The van der Waals surface area contributed by atoms with Gasteiger partial charge in [0.2, 0.25) is 5.91 Å². The third-order valence-corrected chi connectivity index (χ3v) is 4.93. The van der Waals surface area contributed by atoms with Crippen LogP contribution in [0, 0.1) is 6.92 Å². The Hall–Kier alpha value is -0.620. The van der Waals surface area contributed by atoms with Gasteiger partial charge in [-0.3, -0.25) is 9.69 Å². The molecular weight excluding hydrogens is 366 g/mol. The summed E-state index contributed by atoms with van der Waals surface area (Å²) < 4.78 is 1.06. The van der Waals surface area contributed by atoms with E-state index in [0.29, 0.717) is 19.1 Å². The minimum Gasteiger partial charge on any atom is -0.330 e. The number of amides is 1. The Labute approximate surface area is 147 Å². The highest BCUT2D eigenvalue weighted by Crippen LogP contribution is 2.21. The Balaban J connectivity index is 0.00000242. The van der Waals surface area contributed by atoms with Crippen molar-refractivity contribution in [2.45, 2.75) is 38.6 Å². The van der Waals surface area contributed by atoms with Crippen LogP contribution < -0.4 is 11.1 Å². The van der Waals surface area contributed by atoms with Gasteiger partial charge < -0.3 is 11.1 Å². The number of halogens is 2. The molecule has 1 aromatic carbocycles. The van der Waals surface area contributed by atoms with Crippen molar-refractivity contribution >= 4 is 39.9 Å². The third kappa shape index (κ3) is 5.54. The Bertz CT molecular complexity index is 496. The van der Waals surface area contributed by atoms with Crippen molar-refractivity contribution in [3.05, 3.63) is 28.2 Å². The maximum atomic E-state index is 12.2. The van der Waals surface area contributed by atoms with Gasteiger partial charge in [0.15, 0.2) is 0 Å². The van der Waals surface area contributed by atoms with Gasteiger partial charge in [0.25, 0.3) is 0 Å². The van der Waals surface area contributed by atoms with Crippen molar-refractivity contribution in [3.63, 3.8) is 0 Å². The van der Waals surface area contributed by atoms with E-state index in [4.69, 9.17) is 5.73 Å². The smallest absolute Gasteiger partial charge is 0.238 e. The summed E-state index contributed by atoms with van der Waals surface area (Å²) in [6.45, 7) is 4.16. The number of carbonyl (C=O) groups is 1. The summed E-state index contributed by atoms with van der Waals surface area (Å²) in [4.78, 5) is 14.5. The molecule has 1 amide bonds. The van der Waals surface area contributed by atoms with Crippen LogP contribution in [-0.2, 0) is 4.79 Å². The number of rotatable bonds is 5. The second-order valence-corrected chi connectivity index (χ2v) is 6.56. The van der Waals surface area contributed by atoms with E-state index in [1.165, 1.54) is 12.8 Å². The Morgan fingerprint density at radius 2 is 2.23 bits per heavy atom. The fourth-order valence-corrected chi connectivity index (χ4v) is 3.14. The highest BCUT2D eigenvalue weighted by molar-refractivity contribution is 9.10. The molecule has 124 valence electrons. The van der Waals surface area contributed by atoms with E-state index in [9.17, 15) is 4.79 Å². The molecule has 1 aromatic rings. The molecule has 6 heteroatoms. The average molecular weight is 391 g/mol. The van der Waals surface area contributed by atoms with Gasteiger partial charge in [-0.2, -0.15) is 0 Å². The zero-order chi connectivity index (χ0) is 15.2. The van der Waals surface area contributed by atoms with E-state index in [1.54, 1.807) is 0 Å². The second-order valence-electron chi connectivity index (χ2n) is 5.71. The van der Waals surface area contributed by atoms with Crippen molar-refractivity contribution < 1.29 is 4.79 Å². The summed E-state index contributed by atoms with van der Waals surface area (Å²) in [5, 5.41) is 2.99. The van der Waals surface area contributed by atoms with Crippen LogP contribution in [0.5, 0.6) is 0 Å². The molecule has 0 aromatic heterocycles. The monoisotopic (exact) mass is 389 g/mol. The van der Waals surface area contributed by atoms with Gasteiger partial charge in [0.1, 0.15) is 0 Å². The summed E-state index contributed by atoms with van der Waals surface area (Å²) in [6, 6.07) is 6.32. The first kappa shape index (κ1) is 19.4. The molecule has 1 atom stereocenters. The molecule has 1 aliphatic heterocycles. The van der Waals surface area contributed by atoms with Crippen molar-refractivity contribution in [1.82, 2.24) is 4.90 Å². The SMILES string of the molecule is Cc1cc(NC(=O)CN2CCCCC2CCN)ccc1Br.Cl.